The van der Waals surface area contributed by atoms with Crippen LogP contribution in [0.4, 0.5) is 5.69 Å². The molecule has 0 fully saturated rings. The topological polar surface area (TPSA) is 88.0 Å². The van der Waals surface area contributed by atoms with Crippen LogP contribution in [-0.4, -0.2) is 31.9 Å². The lowest BCUT2D eigenvalue weighted by molar-refractivity contribution is -0.144. The molecule has 20 heavy (non-hydrogen) atoms. The summed E-state index contributed by atoms with van der Waals surface area (Å²) in [5.74, 6) is 0.570. The third-order valence-electron chi connectivity index (χ3n) is 3.24. The number of rotatable bonds is 5. The summed E-state index contributed by atoms with van der Waals surface area (Å²) >= 11 is 0. The Kier molecular flexibility index (Phi) is 4.07. The summed E-state index contributed by atoms with van der Waals surface area (Å²) in [6.45, 7) is 6.53. The van der Waals surface area contributed by atoms with Crippen molar-refractivity contribution in [1.29, 1.82) is 0 Å². The van der Waals surface area contributed by atoms with E-state index in [-0.39, 0.29) is 12.5 Å². The molecule has 0 bridgehead atoms. The van der Waals surface area contributed by atoms with Gasteiger partial charge in [0.05, 0.1) is 23.6 Å². The molecule has 7 nitrogen and oxygen atoms in total. The maximum atomic E-state index is 11.7. The Bertz CT molecular complexity index is 614. The number of imidazole rings is 1. The highest BCUT2D eigenvalue weighted by molar-refractivity contribution is 5.69. The standard InChI is InChI=1S/C13H19N5O2/c1-9-13(14)10(2)18(16-9)8-12(19)20-7-6-17-5-4-15-11(17)3/h4-5H,6-8,14H2,1-3H3. The summed E-state index contributed by atoms with van der Waals surface area (Å²) in [4.78, 5) is 15.9. The van der Waals surface area contributed by atoms with Gasteiger partial charge in [0.2, 0.25) is 0 Å². The SMILES string of the molecule is Cc1nn(CC(=O)OCCn2ccnc2C)c(C)c1N. The van der Waals surface area contributed by atoms with Crippen LogP contribution in [0, 0.1) is 20.8 Å². The molecule has 0 saturated carbocycles. The molecule has 0 radical (unpaired) electrons. The van der Waals surface area contributed by atoms with Crippen molar-refractivity contribution >= 4 is 11.7 Å². The van der Waals surface area contributed by atoms with Crippen LogP contribution in [0.2, 0.25) is 0 Å². The number of esters is 1. The number of ether oxygens (including phenoxy) is 1. The Morgan fingerprint density at radius 1 is 1.40 bits per heavy atom. The summed E-state index contributed by atoms with van der Waals surface area (Å²) in [7, 11) is 0. The molecule has 0 spiro atoms. The fourth-order valence-corrected chi connectivity index (χ4v) is 1.93. The van der Waals surface area contributed by atoms with Gasteiger partial charge < -0.3 is 15.0 Å². The molecule has 0 aromatic carbocycles. The minimum atomic E-state index is -0.326. The number of carbonyl (C=O) groups is 1. The number of carbonyl (C=O) groups excluding carboxylic acids is 1. The Balaban J connectivity index is 1.84. The van der Waals surface area contributed by atoms with Gasteiger partial charge in [-0.05, 0) is 20.8 Å². The minimum Gasteiger partial charge on any atom is -0.462 e. The van der Waals surface area contributed by atoms with Crippen LogP contribution in [-0.2, 0) is 22.6 Å². The fraction of sp³-hybridized carbons (Fsp3) is 0.462. The summed E-state index contributed by atoms with van der Waals surface area (Å²) in [5.41, 5.74) is 7.94. The second kappa shape index (κ2) is 5.77. The molecule has 0 saturated heterocycles. The molecule has 108 valence electrons. The highest BCUT2D eigenvalue weighted by Gasteiger charge is 2.12. The van der Waals surface area contributed by atoms with Crippen molar-refractivity contribution in [3.63, 3.8) is 0 Å². The number of hydrogen-bond donors (Lipinski definition) is 1. The molecule has 0 aliphatic carbocycles. The van der Waals surface area contributed by atoms with Crippen LogP contribution in [0.5, 0.6) is 0 Å². The molecule has 2 heterocycles. The normalized spacial score (nSPS) is 10.8. The first kappa shape index (κ1) is 14.1. The first-order chi connectivity index (χ1) is 9.49. The molecule has 0 aliphatic rings. The third kappa shape index (κ3) is 2.98. The van der Waals surface area contributed by atoms with Crippen LogP contribution in [0.15, 0.2) is 12.4 Å². The van der Waals surface area contributed by atoms with Gasteiger partial charge in [-0.1, -0.05) is 0 Å². The molecule has 0 atom stereocenters. The zero-order chi connectivity index (χ0) is 14.7. The van der Waals surface area contributed by atoms with E-state index < -0.39 is 0 Å². The van der Waals surface area contributed by atoms with Gasteiger partial charge in [-0.2, -0.15) is 5.10 Å². The smallest absolute Gasteiger partial charge is 0.327 e. The van der Waals surface area contributed by atoms with Gasteiger partial charge >= 0.3 is 5.97 Å². The molecule has 7 heteroatoms. The zero-order valence-electron chi connectivity index (χ0n) is 12.0. The number of aromatic nitrogens is 4. The molecule has 0 amide bonds. The molecule has 2 aromatic heterocycles. The summed E-state index contributed by atoms with van der Waals surface area (Å²) < 4.78 is 8.68. The second-order valence-electron chi connectivity index (χ2n) is 4.63. The first-order valence-corrected chi connectivity index (χ1v) is 6.42. The second-order valence-corrected chi connectivity index (χ2v) is 4.63. The van der Waals surface area contributed by atoms with Crippen molar-refractivity contribution in [2.75, 3.05) is 12.3 Å². The maximum Gasteiger partial charge on any atom is 0.327 e. The Labute approximate surface area is 117 Å². The third-order valence-corrected chi connectivity index (χ3v) is 3.24. The van der Waals surface area contributed by atoms with Crippen molar-refractivity contribution in [3.05, 3.63) is 29.6 Å². The van der Waals surface area contributed by atoms with Crippen molar-refractivity contribution < 1.29 is 9.53 Å². The number of nitrogens with zero attached hydrogens (tertiary/aromatic N) is 4. The molecule has 0 aliphatic heterocycles. The number of anilines is 1. The highest BCUT2D eigenvalue weighted by atomic mass is 16.5. The van der Waals surface area contributed by atoms with Crippen molar-refractivity contribution in [2.24, 2.45) is 0 Å². The molecule has 2 aromatic rings. The van der Waals surface area contributed by atoms with Gasteiger partial charge in [-0.25, -0.2) is 4.98 Å². The number of nitrogen functional groups attached to an aromatic ring is 1. The van der Waals surface area contributed by atoms with Crippen molar-refractivity contribution in [2.45, 2.75) is 33.9 Å². The largest absolute Gasteiger partial charge is 0.462 e. The van der Waals surface area contributed by atoms with Gasteiger partial charge in [0, 0.05) is 12.4 Å². The van der Waals surface area contributed by atoms with Gasteiger partial charge in [0.15, 0.2) is 0 Å². The average molecular weight is 277 g/mol. The lowest BCUT2D eigenvalue weighted by Gasteiger charge is -2.08. The van der Waals surface area contributed by atoms with Crippen molar-refractivity contribution in [1.82, 2.24) is 19.3 Å². The summed E-state index contributed by atoms with van der Waals surface area (Å²) in [6.07, 6.45) is 3.57. The molecular formula is C13H19N5O2. The van der Waals surface area contributed by atoms with Crippen LogP contribution in [0.1, 0.15) is 17.2 Å². The lowest BCUT2D eigenvalue weighted by atomic mass is 10.3. The van der Waals surface area contributed by atoms with Crippen LogP contribution >= 0.6 is 0 Å². The highest BCUT2D eigenvalue weighted by Crippen LogP contribution is 2.14. The summed E-state index contributed by atoms with van der Waals surface area (Å²) in [6, 6.07) is 0. The average Bonchev–Trinajstić information content (AvgIpc) is 2.90. The van der Waals surface area contributed by atoms with E-state index in [0.717, 1.165) is 17.2 Å². The monoisotopic (exact) mass is 277 g/mol. The van der Waals surface area contributed by atoms with Gasteiger partial charge in [-0.15, -0.1) is 0 Å². The van der Waals surface area contributed by atoms with Gasteiger partial charge in [0.1, 0.15) is 19.0 Å². The van der Waals surface area contributed by atoms with E-state index >= 15 is 0 Å². The number of nitrogens with two attached hydrogens (primary N) is 1. The minimum absolute atomic E-state index is 0.0762. The summed E-state index contributed by atoms with van der Waals surface area (Å²) in [5, 5.41) is 4.20. The van der Waals surface area contributed by atoms with E-state index in [1.165, 1.54) is 0 Å². The van der Waals surface area contributed by atoms with E-state index in [2.05, 4.69) is 10.1 Å². The Morgan fingerprint density at radius 3 is 2.70 bits per heavy atom. The quantitative estimate of drug-likeness (QED) is 0.818. The van der Waals surface area contributed by atoms with Crippen LogP contribution in [0.3, 0.4) is 0 Å². The Hall–Kier alpha value is -2.31. The maximum absolute atomic E-state index is 11.7. The van der Waals surface area contributed by atoms with Gasteiger partial charge in [-0.3, -0.25) is 9.48 Å². The number of aryl methyl sites for hydroxylation is 2. The molecular weight excluding hydrogens is 258 g/mol. The van der Waals surface area contributed by atoms with Crippen molar-refractivity contribution in [3.8, 4) is 0 Å². The molecule has 0 unspecified atom stereocenters. The zero-order valence-corrected chi connectivity index (χ0v) is 12.0. The number of hydrogen-bond acceptors (Lipinski definition) is 5. The predicted molar refractivity (Wildman–Crippen MR) is 74.0 cm³/mol. The van der Waals surface area contributed by atoms with E-state index in [0.29, 0.717) is 18.8 Å². The Morgan fingerprint density at radius 2 is 2.15 bits per heavy atom. The van der Waals surface area contributed by atoms with Crippen LogP contribution < -0.4 is 5.73 Å². The van der Waals surface area contributed by atoms with Crippen LogP contribution in [0.25, 0.3) is 0 Å². The predicted octanol–water partition coefficient (Wildman–Crippen LogP) is 0.830. The molecule has 2 N–H and O–H groups in total. The first-order valence-electron chi connectivity index (χ1n) is 6.42. The van der Waals surface area contributed by atoms with E-state index in [1.54, 1.807) is 10.9 Å². The lowest BCUT2D eigenvalue weighted by Crippen LogP contribution is -2.18. The molecule has 2 rings (SSSR count). The van der Waals surface area contributed by atoms with E-state index in [9.17, 15) is 4.79 Å². The van der Waals surface area contributed by atoms with E-state index in [4.69, 9.17) is 10.5 Å². The fourth-order valence-electron chi connectivity index (χ4n) is 1.93. The van der Waals surface area contributed by atoms with E-state index in [1.807, 2.05) is 31.5 Å². The van der Waals surface area contributed by atoms with Gasteiger partial charge in [0.25, 0.3) is 0 Å².